The van der Waals surface area contributed by atoms with Crippen LogP contribution in [0.1, 0.15) is 51.5 Å². The van der Waals surface area contributed by atoms with Crippen molar-refractivity contribution in [3.63, 3.8) is 0 Å². The van der Waals surface area contributed by atoms with E-state index < -0.39 is 11.2 Å². The first-order valence-corrected chi connectivity index (χ1v) is 15.6. The summed E-state index contributed by atoms with van der Waals surface area (Å²) in [5.41, 5.74) is -0.229. The van der Waals surface area contributed by atoms with Crippen molar-refractivity contribution < 1.29 is 19.4 Å². The number of amides is 2. The Morgan fingerprint density at radius 1 is 1.05 bits per heavy atom. The van der Waals surface area contributed by atoms with Crippen LogP contribution in [-0.4, -0.2) is 104 Å². The molecule has 11 nitrogen and oxygen atoms in total. The van der Waals surface area contributed by atoms with E-state index in [9.17, 15) is 19.5 Å². The molecule has 0 spiro atoms. The van der Waals surface area contributed by atoms with Crippen LogP contribution in [0.3, 0.4) is 0 Å². The van der Waals surface area contributed by atoms with Gasteiger partial charge in [0, 0.05) is 57.3 Å². The molecule has 2 aromatic heterocycles. The largest absolute Gasteiger partial charge is 0.444 e. The Labute approximate surface area is 259 Å². The standard InChI is InChI=1S/C33H46N6O5/c1-32(2,3)44-31(42)38-16-11-25(27(21-38)24-9-7-6-8-10-24)29(40)37-17-13-33(43,14-18-37)22-39-23-34-28-26(30(39)41)12-15-36(28)20-19-35(4)5/h6-10,12,15,23,25,27,43H,11,13-14,16-22H2,1-5H3/t25-,27+/m1/s1. The zero-order valence-electron chi connectivity index (χ0n) is 26.6. The molecule has 0 aliphatic carbocycles. The first-order chi connectivity index (χ1) is 20.8. The third kappa shape index (κ3) is 7.15. The molecule has 2 amide bonds. The van der Waals surface area contributed by atoms with Crippen LogP contribution in [0, 0.1) is 5.92 Å². The van der Waals surface area contributed by atoms with Crippen molar-refractivity contribution in [2.75, 3.05) is 46.8 Å². The molecule has 0 bridgehead atoms. The Bertz CT molecular complexity index is 1520. The lowest BCUT2D eigenvalue weighted by Gasteiger charge is -2.43. The number of benzene rings is 1. The number of ether oxygens (including phenoxy) is 1. The average Bonchev–Trinajstić information content (AvgIpc) is 3.40. The molecule has 0 unspecified atom stereocenters. The number of fused-ring (bicyclic) bond motifs is 1. The van der Waals surface area contributed by atoms with Crippen LogP contribution in [0.4, 0.5) is 4.79 Å². The Morgan fingerprint density at radius 3 is 2.41 bits per heavy atom. The van der Waals surface area contributed by atoms with Crippen LogP contribution >= 0.6 is 0 Å². The van der Waals surface area contributed by atoms with Crippen LogP contribution in [0.2, 0.25) is 0 Å². The van der Waals surface area contributed by atoms with Gasteiger partial charge in [-0.3, -0.25) is 14.2 Å². The number of rotatable bonds is 7. The number of aliphatic hydroxyl groups is 1. The SMILES string of the molecule is CN(C)CCn1ccc2c(=O)n(CC3(O)CCN(C(=O)[C@@H]4CCN(C(=O)OC(C)(C)C)C[C@H]4c4ccccc4)CC3)cnc21. The predicted molar refractivity (Wildman–Crippen MR) is 168 cm³/mol. The highest BCUT2D eigenvalue weighted by Gasteiger charge is 2.42. The summed E-state index contributed by atoms with van der Waals surface area (Å²) in [6.45, 7) is 8.88. The summed E-state index contributed by atoms with van der Waals surface area (Å²) in [6, 6.07) is 11.7. The molecular formula is C33H46N6O5. The van der Waals surface area contributed by atoms with E-state index in [1.807, 2.05) is 80.9 Å². The normalized spacial score (nSPS) is 20.7. The van der Waals surface area contributed by atoms with E-state index in [-0.39, 0.29) is 35.9 Å². The highest BCUT2D eigenvalue weighted by molar-refractivity contribution is 5.81. The number of piperidine rings is 2. The van der Waals surface area contributed by atoms with Gasteiger partial charge in [0.15, 0.2) is 0 Å². The van der Waals surface area contributed by atoms with Gasteiger partial charge in [-0.25, -0.2) is 9.78 Å². The summed E-state index contributed by atoms with van der Waals surface area (Å²) in [6.07, 6.45) is 4.30. The number of nitrogens with zero attached hydrogens (tertiary/aromatic N) is 6. The van der Waals surface area contributed by atoms with E-state index in [4.69, 9.17) is 4.74 Å². The monoisotopic (exact) mass is 606 g/mol. The highest BCUT2D eigenvalue weighted by atomic mass is 16.6. The van der Waals surface area contributed by atoms with Crippen molar-refractivity contribution in [2.45, 2.75) is 70.2 Å². The maximum Gasteiger partial charge on any atom is 0.410 e. The van der Waals surface area contributed by atoms with Gasteiger partial charge in [0.2, 0.25) is 5.91 Å². The molecule has 1 aromatic carbocycles. The van der Waals surface area contributed by atoms with E-state index in [1.165, 1.54) is 10.9 Å². The molecule has 3 aromatic rings. The molecule has 2 aliphatic heterocycles. The minimum absolute atomic E-state index is 0.0454. The Morgan fingerprint density at radius 2 is 1.75 bits per heavy atom. The van der Waals surface area contributed by atoms with Gasteiger partial charge >= 0.3 is 6.09 Å². The number of hydrogen-bond donors (Lipinski definition) is 1. The summed E-state index contributed by atoms with van der Waals surface area (Å²) >= 11 is 0. The highest BCUT2D eigenvalue weighted by Crippen LogP contribution is 2.36. The van der Waals surface area contributed by atoms with Gasteiger partial charge in [-0.05, 0) is 65.8 Å². The fourth-order valence-electron chi connectivity index (χ4n) is 6.34. The van der Waals surface area contributed by atoms with Gasteiger partial charge < -0.3 is 29.1 Å². The Balaban J connectivity index is 1.25. The summed E-state index contributed by atoms with van der Waals surface area (Å²) in [4.78, 5) is 50.3. The van der Waals surface area contributed by atoms with E-state index in [1.54, 1.807) is 11.0 Å². The van der Waals surface area contributed by atoms with Crippen molar-refractivity contribution in [3.8, 4) is 0 Å². The molecule has 5 rings (SSSR count). The van der Waals surface area contributed by atoms with E-state index in [0.29, 0.717) is 56.5 Å². The molecule has 1 N–H and O–H groups in total. The molecule has 2 aliphatic rings. The van der Waals surface area contributed by atoms with Gasteiger partial charge in [-0.2, -0.15) is 0 Å². The van der Waals surface area contributed by atoms with Gasteiger partial charge in [-0.15, -0.1) is 0 Å². The van der Waals surface area contributed by atoms with Gasteiger partial charge in [0.1, 0.15) is 17.6 Å². The Kier molecular flexibility index (Phi) is 9.17. The first-order valence-electron chi connectivity index (χ1n) is 15.6. The molecule has 44 heavy (non-hydrogen) atoms. The molecule has 0 saturated carbocycles. The van der Waals surface area contributed by atoms with Crippen LogP contribution in [0.5, 0.6) is 0 Å². The van der Waals surface area contributed by atoms with Crippen molar-refractivity contribution in [3.05, 3.63) is 64.8 Å². The molecule has 238 valence electrons. The fraction of sp³-hybridized carbons (Fsp3) is 0.576. The van der Waals surface area contributed by atoms with Gasteiger partial charge in [0.05, 0.1) is 17.5 Å². The van der Waals surface area contributed by atoms with Crippen LogP contribution < -0.4 is 5.56 Å². The number of likely N-dealkylation sites (tertiary alicyclic amines) is 2. The summed E-state index contributed by atoms with van der Waals surface area (Å²) in [5, 5.41) is 12.0. The van der Waals surface area contributed by atoms with Crippen molar-refractivity contribution in [1.29, 1.82) is 0 Å². The molecule has 2 fully saturated rings. The number of carbonyl (C=O) groups excluding carboxylic acids is 2. The second kappa shape index (κ2) is 12.7. The van der Waals surface area contributed by atoms with E-state index >= 15 is 0 Å². The molecule has 2 saturated heterocycles. The van der Waals surface area contributed by atoms with Crippen molar-refractivity contribution in [1.82, 2.24) is 28.8 Å². The van der Waals surface area contributed by atoms with Crippen LogP contribution in [0.15, 0.2) is 53.7 Å². The predicted octanol–water partition coefficient (Wildman–Crippen LogP) is 3.15. The third-order valence-electron chi connectivity index (χ3n) is 8.81. The Hall–Kier alpha value is -3.70. The average molecular weight is 607 g/mol. The minimum Gasteiger partial charge on any atom is -0.444 e. The zero-order chi connectivity index (χ0) is 31.6. The molecule has 0 radical (unpaired) electrons. The summed E-state index contributed by atoms with van der Waals surface area (Å²) < 4.78 is 9.10. The second-order valence-electron chi connectivity index (χ2n) is 13.6. The molecule has 11 heteroatoms. The lowest BCUT2D eigenvalue weighted by molar-refractivity contribution is -0.142. The van der Waals surface area contributed by atoms with Gasteiger partial charge in [0.25, 0.3) is 5.56 Å². The molecular weight excluding hydrogens is 560 g/mol. The van der Waals surface area contributed by atoms with Crippen molar-refractivity contribution in [2.24, 2.45) is 5.92 Å². The maximum atomic E-state index is 13.9. The van der Waals surface area contributed by atoms with E-state index in [2.05, 4.69) is 9.88 Å². The third-order valence-corrected chi connectivity index (χ3v) is 8.81. The number of hydrogen-bond acceptors (Lipinski definition) is 7. The second-order valence-corrected chi connectivity index (χ2v) is 13.6. The lowest BCUT2D eigenvalue weighted by atomic mass is 9.79. The molecule has 4 heterocycles. The van der Waals surface area contributed by atoms with Crippen LogP contribution in [0.25, 0.3) is 11.0 Å². The summed E-state index contributed by atoms with van der Waals surface area (Å²) in [7, 11) is 4.01. The number of aromatic nitrogens is 3. The smallest absolute Gasteiger partial charge is 0.410 e. The summed E-state index contributed by atoms with van der Waals surface area (Å²) in [5.74, 6) is -0.399. The minimum atomic E-state index is -1.12. The first kappa shape index (κ1) is 31.7. The maximum absolute atomic E-state index is 13.9. The van der Waals surface area contributed by atoms with Crippen LogP contribution in [-0.2, 0) is 22.6 Å². The fourth-order valence-corrected chi connectivity index (χ4v) is 6.34. The zero-order valence-corrected chi connectivity index (χ0v) is 26.6. The quantitative estimate of drug-likeness (QED) is 0.440. The lowest BCUT2D eigenvalue weighted by Crippen LogP contribution is -2.53. The van der Waals surface area contributed by atoms with Gasteiger partial charge in [-0.1, -0.05) is 30.3 Å². The molecule has 2 atom stereocenters. The number of likely N-dealkylation sites (N-methyl/N-ethyl adjacent to an activating group) is 1. The van der Waals surface area contributed by atoms with E-state index in [0.717, 1.165) is 18.7 Å². The topological polar surface area (TPSA) is 113 Å². The number of carbonyl (C=O) groups is 2. The van der Waals surface area contributed by atoms with Crippen molar-refractivity contribution >= 4 is 23.0 Å².